The van der Waals surface area contributed by atoms with Crippen LogP contribution in [-0.2, 0) is 6.54 Å². The molecule has 0 saturated carbocycles. The quantitative estimate of drug-likeness (QED) is 0.333. The lowest BCUT2D eigenvalue weighted by atomic mass is 10.1. The van der Waals surface area contributed by atoms with Gasteiger partial charge in [0.05, 0.1) is 27.9 Å². The van der Waals surface area contributed by atoms with Gasteiger partial charge in [-0.1, -0.05) is 13.8 Å². The topological polar surface area (TPSA) is 64.1 Å². The first-order valence-electron chi connectivity index (χ1n) is 8.37. The molecule has 0 atom stereocenters. The van der Waals surface area contributed by atoms with Gasteiger partial charge in [-0.25, -0.2) is 4.99 Å². The lowest BCUT2D eigenvalue weighted by Crippen LogP contribution is -2.38. The van der Waals surface area contributed by atoms with Crippen LogP contribution in [0.4, 0.5) is 0 Å². The summed E-state index contributed by atoms with van der Waals surface area (Å²) in [6.07, 6.45) is 1.10. The van der Waals surface area contributed by atoms with E-state index in [2.05, 4.69) is 36.4 Å². The summed E-state index contributed by atoms with van der Waals surface area (Å²) in [5.41, 5.74) is 0.941. The number of methoxy groups -OCH3 is 3. The third kappa shape index (κ3) is 7.58. The molecule has 1 aromatic rings. The van der Waals surface area contributed by atoms with E-state index < -0.39 is 0 Å². The number of ether oxygens (including phenoxy) is 3. The van der Waals surface area contributed by atoms with Crippen molar-refractivity contribution < 1.29 is 14.2 Å². The average molecular weight is 465 g/mol. The minimum absolute atomic E-state index is 0. The Balaban J connectivity index is 0.00000576. The second-order valence-corrected chi connectivity index (χ2v) is 5.80. The number of nitrogens with one attached hydrogen (secondary N) is 2. The molecule has 0 unspecified atom stereocenters. The van der Waals surface area contributed by atoms with Gasteiger partial charge in [0.25, 0.3) is 0 Å². The summed E-state index contributed by atoms with van der Waals surface area (Å²) in [5, 5.41) is 6.61. The minimum Gasteiger partial charge on any atom is -0.493 e. The zero-order chi connectivity index (χ0) is 17.9. The fraction of sp³-hybridized carbons (Fsp3) is 0.611. The van der Waals surface area contributed by atoms with Gasteiger partial charge in [-0.3, -0.25) is 0 Å². The van der Waals surface area contributed by atoms with Gasteiger partial charge in [-0.05, 0) is 31.4 Å². The van der Waals surface area contributed by atoms with Crippen LogP contribution in [0.25, 0.3) is 0 Å². The van der Waals surface area contributed by atoms with Crippen LogP contribution in [0.5, 0.6) is 17.2 Å². The Hall–Kier alpha value is -1.38. The molecule has 1 aromatic carbocycles. The Morgan fingerprint density at radius 2 is 1.72 bits per heavy atom. The Bertz CT molecular complexity index is 537. The van der Waals surface area contributed by atoms with Crippen LogP contribution < -0.4 is 24.8 Å². The van der Waals surface area contributed by atoms with Gasteiger partial charge in [0, 0.05) is 18.7 Å². The van der Waals surface area contributed by atoms with Crippen molar-refractivity contribution >= 4 is 29.9 Å². The average Bonchev–Trinajstić information content (AvgIpc) is 2.58. The fourth-order valence-corrected chi connectivity index (χ4v) is 2.27. The van der Waals surface area contributed by atoms with Crippen LogP contribution in [0.15, 0.2) is 17.1 Å². The van der Waals surface area contributed by atoms with E-state index in [-0.39, 0.29) is 24.0 Å². The van der Waals surface area contributed by atoms with Gasteiger partial charge in [-0.2, -0.15) is 0 Å². The Morgan fingerprint density at radius 1 is 1.04 bits per heavy atom. The Morgan fingerprint density at radius 3 is 2.24 bits per heavy atom. The standard InChI is InChI=1S/C18H31N3O3.HI/c1-7-19-18(20-11-10-13(2)3)21-12-14-8-9-15(22-4)17(24-6)16(14)23-5;/h8-9,13H,7,10-12H2,1-6H3,(H2,19,20,21);1H. The lowest BCUT2D eigenvalue weighted by Gasteiger charge is -2.16. The zero-order valence-electron chi connectivity index (χ0n) is 16.1. The summed E-state index contributed by atoms with van der Waals surface area (Å²) in [4.78, 5) is 4.64. The molecule has 0 bridgehead atoms. The number of hydrogen-bond acceptors (Lipinski definition) is 4. The molecule has 0 spiro atoms. The monoisotopic (exact) mass is 465 g/mol. The van der Waals surface area contributed by atoms with Crippen molar-refractivity contribution in [1.29, 1.82) is 0 Å². The number of guanidine groups is 1. The van der Waals surface area contributed by atoms with Crippen LogP contribution >= 0.6 is 24.0 Å². The highest BCUT2D eigenvalue weighted by Gasteiger charge is 2.15. The van der Waals surface area contributed by atoms with E-state index in [0.29, 0.717) is 29.7 Å². The van der Waals surface area contributed by atoms with Crippen LogP contribution in [0.2, 0.25) is 0 Å². The first-order chi connectivity index (χ1) is 11.6. The maximum atomic E-state index is 5.50. The summed E-state index contributed by atoms with van der Waals surface area (Å²) in [6.45, 7) is 8.67. The van der Waals surface area contributed by atoms with Gasteiger partial charge in [0.1, 0.15) is 0 Å². The number of aliphatic imine (C=N–C) groups is 1. The Kier molecular flexibility index (Phi) is 12.2. The number of nitrogens with zero attached hydrogens (tertiary/aromatic N) is 1. The van der Waals surface area contributed by atoms with Gasteiger partial charge in [0.15, 0.2) is 17.5 Å². The van der Waals surface area contributed by atoms with Crippen LogP contribution in [0.3, 0.4) is 0 Å². The zero-order valence-corrected chi connectivity index (χ0v) is 18.5. The summed E-state index contributed by atoms with van der Waals surface area (Å²) in [6, 6.07) is 3.81. The maximum Gasteiger partial charge on any atom is 0.203 e. The van der Waals surface area contributed by atoms with Gasteiger partial charge in [0.2, 0.25) is 5.75 Å². The van der Waals surface area contributed by atoms with Crippen molar-refractivity contribution in [3.8, 4) is 17.2 Å². The molecule has 0 saturated heterocycles. The van der Waals surface area contributed by atoms with E-state index in [1.165, 1.54) is 0 Å². The van der Waals surface area contributed by atoms with Gasteiger partial charge in [-0.15, -0.1) is 24.0 Å². The number of benzene rings is 1. The highest BCUT2D eigenvalue weighted by molar-refractivity contribution is 14.0. The molecule has 6 nitrogen and oxygen atoms in total. The van der Waals surface area contributed by atoms with Crippen molar-refractivity contribution in [2.24, 2.45) is 10.9 Å². The smallest absolute Gasteiger partial charge is 0.203 e. The number of halogens is 1. The van der Waals surface area contributed by atoms with Crippen molar-refractivity contribution in [1.82, 2.24) is 10.6 Å². The highest BCUT2D eigenvalue weighted by atomic mass is 127. The third-order valence-corrected chi connectivity index (χ3v) is 3.55. The van der Waals surface area contributed by atoms with E-state index in [1.54, 1.807) is 21.3 Å². The molecule has 0 aliphatic rings. The molecule has 0 aromatic heterocycles. The van der Waals surface area contributed by atoms with Crippen molar-refractivity contribution in [2.75, 3.05) is 34.4 Å². The summed E-state index contributed by atoms with van der Waals surface area (Å²) in [5.74, 6) is 3.34. The normalized spacial score (nSPS) is 10.9. The van der Waals surface area contributed by atoms with E-state index in [9.17, 15) is 0 Å². The molecule has 0 amide bonds. The molecule has 144 valence electrons. The van der Waals surface area contributed by atoms with Gasteiger partial charge >= 0.3 is 0 Å². The Labute approximate surface area is 168 Å². The molecule has 1 rings (SSSR count). The second kappa shape index (κ2) is 12.9. The van der Waals surface area contributed by atoms with Crippen LogP contribution in [0.1, 0.15) is 32.8 Å². The summed E-state index contributed by atoms with van der Waals surface area (Å²) < 4.78 is 16.2. The largest absolute Gasteiger partial charge is 0.493 e. The van der Waals surface area contributed by atoms with E-state index in [0.717, 1.165) is 31.0 Å². The maximum absolute atomic E-state index is 5.50. The van der Waals surface area contributed by atoms with E-state index in [4.69, 9.17) is 14.2 Å². The van der Waals surface area contributed by atoms with Gasteiger partial charge < -0.3 is 24.8 Å². The summed E-state index contributed by atoms with van der Waals surface area (Å²) in [7, 11) is 4.83. The fourth-order valence-electron chi connectivity index (χ4n) is 2.27. The molecule has 0 heterocycles. The third-order valence-electron chi connectivity index (χ3n) is 3.55. The van der Waals surface area contributed by atoms with Crippen molar-refractivity contribution in [3.63, 3.8) is 0 Å². The molecule has 0 aliphatic carbocycles. The number of hydrogen-bond donors (Lipinski definition) is 2. The predicted molar refractivity (Wildman–Crippen MR) is 114 cm³/mol. The second-order valence-electron chi connectivity index (χ2n) is 5.80. The lowest BCUT2D eigenvalue weighted by molar-refractivity contribution is 0.322. The molecule has 25 heavy (non-hydrogen) atoms. The number of rotatable bonds is 9. The summed E-state index contributed by atoms with van der Waals surface area (Å²) >= 11 is 0. The van der Waals surface area contributed by atoms with E-state index >= 15 is 0 Å². The molecule has 0 fully saturated rings. The predicted octanol–water partition coefficient (Wildman–Crippen LogP) is 3.43. The SMILES string of the molecule is CCNC(=NCc1ccc(OC)c(OC)c1OC)NCCC(C)C.I. The molecular formula is C18H32IN3O3. The van der Waals surface area contributed by atoms with E-state index in [1.807, 2.05) is 12.1 Å². The van der Waals surface area contributed by atoms with Crippen molar-refractivity contribution in [2.45, 2.75) is 33.7 Å². The molecule has 2 N–H and O–H groups in total. The molecule has 0 radical (unpaired) electrons. The molecule has 0 aliphatic heterocycles. The first-order valence-corrected chi connectivity index (χ1v) is 8.37. The highest BCUT2D eigenvalue weighted by Crippen LogP contribution is 2.39. The van der Waals surface area contributed by atoms with Crippen molar-refractivity contribution in [3.05, 3.63) is 17.7 Å². The molecule has 7 heteroatoms. The minimum atomic E-state index is 0. The molecular weight excluding hydrogens is 433 g/mol. The van der Waals surface area contributed by atoms with Crippen LogP contribution in [0, 0.1) is 5.92 Å². The van der Waals surface area contributed by atoms with Crippen LogP contribution in [-0.4, -0.2) is 40.4 Å². The first kappa shape index (κ1) is 23.6.